The summed E-state index contributed by atoms with van der Waals surface area (Å²) in [6.07, 6.45) is 4.22. The monoisotopic (exact) mass is 223 g/mol. The first-order valence-corrected chi connectivity index (χ1v) is 5.98. The molecule has 1 aromatic heterocycles. The van der Waals surface area contributed by atoms with E-state index < -0.39 is 5.60 Å². The molecule has 0 radical (unpaired) electrons. The zero-order chi connectivity index (χ0) is 11.6. The predicted octanol–water partition coefficient (Wildman–Crippen LogP) is 1.36. The molecule has 2 N–H and O–H groups in total. The van der Waals surface area contributed by atoms with Crippen LogP contribution in [0.2, 0.25) is 0 Å². The summed E-state index contributed by atoms with van der Waals surface area (Å²) in [7, 11) is 0. The number of piperidine rings is 1. The van der Waals surface area contributed by atoms with Gasteiger partial charge in [-0.05, 0) is 39.3 Å². The second-order valence-corrected chi connectivity index (χ2v) is 5.40. The number of hydrogen-bond acceptors (Lipinski definition) is 3. The molecule has 4 nitrogen and oxygen atoms in total. The summed E-state index contributed by atoms with van der Waals surface area (Å²) in [5.41, 5.74) is 0.621. The van der Waals surface area contributed by atoms with E-state index in [4.69, 9.17) is 0 Å². The molecule has 0 saturated carbocycles. The predicted molar refractivity (Wildman–Crippen MR) is 63.3 cm³/mol. The fourth-order valence-electron chi connectivity index (χ4n) is 2.49. The molecule has 4 heteroatoms. The number of rotatable bonds is 3. The van der Waals surface area contributed by atoms with Gasteiger partial charge in [-0.3, -0.25) is 10.00 Å². The van der Waals surface area contributed by atoms with Crippen LogP contribution in [-0.2, 0) is 0 Å². The maximum Gasteiger partial charge on any atom is 0.0718 e. The van der Waals surface area contributed by atoms with Crippen molar-refractivity contribution in [3.8, 4) is 0 Å². The SMILES string of the molecule is CC(C)(O)CN1CCCC(c2ccn[nH]2)C1. The van der Waals surface area contributed by atoms with Gasteiger partial charge in [-0.15, -0.1) is 0 Å². The van der Waals surface area contributed by atoms with Crippen LogP contribution in [0.3, 0.4) is 0 Å². The van der Waals surface area contributed by atoms with E-state index in [9.17, 15) is 5.11 Å². The molecule has 1 aromatic rings. The third-order valence-corrected chi connectivity index (χ3v) is 3.08. The van der Waals surface area contributed by atoms with E-state index >= 15 is 0 Å². The third-order valence-electron chi connectivity index (χ3n) is 3.08. The number of aliphatic hydroxyl groups is 1. The molecule has 0 amide bonds. The van der Waals surface area contributed by atoms with Crippen molar-refractivity contribution in [3.05, 3.63) is 18.0 Å². The number of β-amino-alcohol motifs (C(OH)–C–C–N with tert-alkyl or cyclic N) is 1. The average Bonchev–Trinajstić information content (AvgIpc) is 2.68. The van der Waals surface area contributed by atoms with Crippen LogP contribution in [0.25, 0.3) is 0 Å². The minimum Gasteiger partial charge on any atom is -0.389 e. The molecule has 0 spiro atoms. The highest BCUT2D eigenvalue weighted by atomic mass is 16.3. The lowest BCUT2D eigenvalue weighted by molar-refractivity contribution is 0.0269. The molecule has 0 aliphatic carbocycles. The molecule has 2 rings (SSSR count). The molecule has 1 aliphatic heterocycles. The molecule has 1 unspecified atom stereocenters. The van der Waals surface area contributed by atoms with Crippen LogP contribution in [0.4, 0.5) is 0 Å². The lowest BCUT2D eigenvalue weighted by Gasteiger charge is -2.35. The first-order valence-electron chi connectivity index (χ1n) is 5.98. The van der Waals surface area contributed by atoms with Crippen molar-refractivity contribution >= 4 is 0 Å². The summed E-state index contributed by atoms with van der Waals surface area (Å²) in [6, 6.07) is 2.05. The molecule has 2 heterocycles. The van der Waals surface area contributed by atoms with Gasteiger partial charge in [0.15, 0.2) is 0 Å². The van der Waals surface area contributed by atoms with Gasteiger partial charge in [0.05, 0.1) is 5.60 Å². The van der Waals surface area contributed by atoms with Gasteiger partial charge in [-0.25, -0.2) is 0 Å². The standard InChI is InChI=1S/C12H21N3O/c1-12(2,16)9-15-7-3-4-10(8-15)11-5-6-13-14-11/h5-6,10,16H,3-4,7-9H2,1-2H3,(H,13,14). The van der Waals surface area contributed by atoms with Crippen molar-refractivity contribution in [3.63, 3.8) is 0 Å². The van der Waals surface area contributed by atoms with Gasteiger partial charge in [0.25, 0.3) is 0 Å². The van der Waals surface area contributed by atoms with Crippen molar-refractivity contribution in [2.24, 2.45) is 0 Å². The molecule has 1 saturated heterocycles. The van der Waals surface area contributed by atoms with E-state index in [-0.39, 0.29) is 0 Å². The Bertz CT molecular complexity index is 316. The van der Waals surface area contributed by atoms with E-state index in [1.54, 1.807) is 0 Å². The smallest absolute Gasteiger partial charge is 0.0718 e. The highest BCUT2D eigenvalue weighted by Gasteiger charge is 2.25. The number of aromatic amines is 1. The third kappa shape index (κ3) is 3.06. The fourth-order valence-corrected chi connectivity index (χ4v) is 2.49. The first-order chi connectivity index (χ1) is 7.54. The van der Waals surface area contributed by atoms with Crippen molar-refractivity contribution in [2.75, 3.05) is 19.6 Å². The lowest BCUT2D eigenvalue weighted by Crippen LogP contribution is -2.43. The van der Waals surface area contributed by atoms with Crippen molar-refractivity contribution in [1.29, 1.82) is 0 Å². The van der Waals surface area contributed by atoms with Gasteiger partial charge in [0.1, 0.15) is 0 Å². The topological polar surface area (TPSA) is 52.1 Å². The van der Waals surface area contributed by atoms with Gasteiger partial charge in [-0.2, -0.15) is 5.10 Å². The van der Waals surface area contributed by atoms with E-state index in [1.165, 1.54) is 18.5 Å². The second kappa shape index (κ2) is 4.55. The number of hydrogen-bond donors (Lipinski definition) is 2. The Morgan fingerprint density at radius 2 is 2.44 bits per heavy atom. The molecular weight excluding hydrogens is 202 g/mol. The summed E-state index contributed by atoms with van der Waals surface area (Å²) in [4.78, 5) is 2.34. The zero-order valence-electron chi connectivity index (χ0n) is 10.1. The highest BCUT2D eigenvalue weighted by molar-refractivity contribution is 5.07. The summed E-state index contributed by atoms with van der Waals surface area (Å²) in [5, 5.41) is 16.9. The summed E-state index contributed by atoms with van der Waals surface area (Å²) < 4.78 is 0. The van der Waals surface area contributed by atoms with Gasteiger partial charge < -0.3 is 5.11 Å². The van der Waals surface area contributed by atoms with Crippen LogP contribution in [0.15, 0.2) is 12.3 Å². The van der Waals surface area contributed by atoms with Crippen LogP contribution in [0.5, 0.6) is 0 Å². The number of aromatic nitrogens is 2. The van der Waals surface area contributed by atoms with Crippen LogP contribution >= 0.6 is 0 Å². The largest absolute Gasteiger partial charge is 0.389 e. The van der Waals surface area contributed by atoms with Crippen LogP contribution < -0.4 is 0 Å². The Morgan fingerprint density at radius 1 is 1.62 bits per heavy atom. The summed E-state index contributed by atoms with van der Waals surface area (Å²) in [6.45, 7) is 6.60. The van der Waals surface area contributed by atoms with Crippen molar-refractivity contribution in [1.82, 2.24) is 15.1 Å². The van der Waals surface area contributed by atoms with Gasteiger partial charge in [-0.1, -0.05) is 0 Å². The number of H-pyrrole nitrogens is 1. The molecule has 1 aliphatic rings. The fraction of sp³-hybridized carbons (Fsp3) is 0.750. The van der Waals surface area contributed by atoms with Gasteiger partial charge in [0, 0.05) is 30.9 Å². The minimum absolute atomic E-state index is 0.540. The van der Waals surface area contributed by atoms with E-state index in [0.717, 1.165) is 19.6 Å². The maximum absolute atomic E-state index is 9.82. The normalized spacial score (nSPS) is 23.6. The number of nitrogens with zero attached hydrogens (tertiary/aromatic N) is 2. The Kier molecular flexibility index (Phi) is 3.30. The molecule has 16 heavy (non-hydrogen) atoms. The number of likely N-dealkylation sites (tertiary alicyclic amines) is 1. The van der Waals surface area contributed by atoms with Gasteiger partial charge >= 0.3 is 0 Å². The molecule has 0 aromatic carbocycles. The molecule has 1 atom stereocenters. The van der Waals surface area contributed by atoms with Gasteiger partial charge in [0.2, 0.25) is 0 Å². The second-order valence-electron chi connectivity index (χ2n) is 5.40. The molecule has 0 bridgehead atoms. The lowest BCUT2D eigenvalue weighted by atomic mass is 9.94. The highest BCUT2D eigenvalue weighted by Crippen LogP contribution is 2.25. The molecule has 1 fully saturated rings. The quantitative estimate of drug-likeness (QED) is 0.813. The first kappa shape index (κ1) is 11.6. The maximum atomic E-state index is 9.82. The van der Waals surface area contributed by atoms with Crippen LogP contribution in [0, 0.1) is 0 Å². The van der Waals surface area contributed by atoms with Crippen molar-refractivity contribution < 1.29 is 5.11 Å². The van der Waals surface area contributed by atoms with Crippen LogP contribution in [-0.4, -0.2) is 45.4 Å². The van der Waals surface area contributed by atoms with E-state index in [0.29, 0.717) is 5.92 Å². The summed E-state index contributed by atoms with van der Waals surface area (Å²) in [5.74, 6) is 0.540. The van der Waals surface area contributed by atoms with Crippen molar-refractivity contribution in [2.45, 2.75) is 38.2 Å². The average molecular weight is 223 g/mol. The summed E-state index contributed by atoms with van der Waals surface area (Å²) >= 11 is 0. The van der Waals surface area contributed by atoms with Crippen LogP contribution in [0.1, 0.15) is 38.3 Å². The number of nitrogens with one attached hydrogen (secondary N) is 1. The Morgan fingerprint density at radius 3 is 3.06 bits per heavy atom. The molecular formula is C12H21N3O. The minimum atomic E-state index is -0.601. The van der Waals surface area contributed by atoms with E-state index in [1.807, 2.05) is 20.0 Å². The Hall–Kier alpha value is -0.870. The zero-order valence-corrected chi connectivity index (χ0v) is 10.1. The Balaban J connectivity index is 1.94. The Labute approximate surface area is 96.7 Å². The molecule has 90 valence electrons. The van der Waals surface area contributed by atoms with E-state index in [2.05, 4.69) is 21.2 Å².